The van der Waals surface area contributed by atoms with Gasteiger partial charge in [0.15, 0.2) is 0 Å². The monoisotopic (exact) mass is 217 g/mol. The minimum atomic E-state index is -0.610. The zero-order valence-electron chi connectivity index (χ0n) is 9.14. The molecular formula is C12H15N3O. The van der Waals surface area contributed by atoms with Crippen LogP contribution in [0.1, 0.15) is 22.8 Å². The highest BCUT2D eigenvalue weighted by Gasteiger charge is 2.13. The maximum absolute atomic E-state index is 9.97. The van der Waals surface area contributed by atoms with Crippen molar-refractivity contribution in [1.82, 2.24) is 10.2 Å². The van der Waals surface area contributed by atoms with Crippen molar-refractivity contribution in [2.75, 3.05) is 5.73 Å². The lowest BCUT2D eigenvalue weighted by Gasteiger charge is -2.09. The van der Waals surface area contributed by atoms with Gasteiger partial charge >= 0.3 is 0 Å². The van der Waals surface area contributed by atoms with Gasteiger partial charge in [-0.3, -0.25) is 5.10 Å². The quantitative estimate of drug-likeness (QED) is 0.730. The predicted octanol–water partition coefficient (Wildman–Crippen LogP) is 1.58. The lowest BCUT2D eigenvalue weighted by Crippen LogP contribution is -2.03. The smallest absolute Gasteiger partial charge is 0.124 e. The summed E-state index contributed by atoms with van der Waals surface area (Å²) in [6, 6.07) is 8.07. The Morgan fingerprint density at radius 2 is 2.06 bits per heavy atom. The Morgan fingerprint density at radius 1 is 1.38 bits per heavy atom. The molecule has 1 aromatic heterocycles. The maximum atomic E-state index is 9.97. The van der Waals surface area contributed by atoms with Crippen molar-refractivity contribution < 1.29 is 5.11 Å². The Morgan fingerprint density at radius 3 is 2.62 bits per heavy atom. The van der Waals surface area contributed by atoms with Gasteiger partial charge in [-0.25, -0.2) is 0 Å². The van der Waals surface area contributed by atoms with Crippen LogP contribution >= 0.6 is 0 Å². The zero-order valence-corrected chi connectivity index (χ0v) is 9.14. The fourth-order valence-corrected chi connectivity index (χ4v) is 1.63. The molecule has 2 rings (SSSR count). The van der Waals surface area contributed by atoms with Crippen molar-refractivity contribution >= 4 is 5.82 Å². The highest BCUT2D eigenvalue weighted by atomic mass is 16.3. The molecule has 1 unspecified atom stereocenters. The first-order valence-corrected chi connectivity index (χ1v) is 5.19. The molecule has 16 heavy (non-hydrogen) atoms. The van der Waals surface area contributed by atoms with E-state index in [2.05, 4.69) is 10.2 Å². The Kier molecular flexibility index (Phi) is 2.92. The van der Waals surface area contributed by atoms with Crippen LogP contribution in [-0.4, -0.2) is 15.3 Å². The molecule has 0 aliphatic carbocycles. The van der Waals surface area contributed by atoms with Gasteiger partial charge in [0, 0.05) is 12.0 Å². The van der Waals surface area contributed by atoms with E-state index in [1.807, 2.05) is 31.2 Å². The molecule has 4 heteroatoms. The molecule has 84 valence electrons. The number of nitrogens with two attached hydrogens (primary N) is 1. The number of aromatic nitrogens is 2. The van der Waals surface area contributed by atoms with Crippen LogP contribution in [0.25, 0.3) is 0 Å². The average Bonchev–Trinajstić information content (AvgIpc) is 2.68. The highest BCUT2D eigenvalue weighted by molar-refractivity contribution is 5.39. The van der Waals surface area contributed by atoms with Crippen molar-refractivity contribution in [3.05, 3.63) is 47.2 Å². The van der Waals surface area contributed by atoms with Crippen LogP contribution in [0.2, 0.25) is 0 Å². The Labute approximate surface area is 94.1 Å². The van der Waals surface area contributed by atoms with E-state index in [1.54, 1.807) is 6.20 Å². The SMILES string of the molecule is Cc1ccc(CC(O)c2cn[nH]c2N)cc1. The third-order valence-corrected chi connectivity index (χ3v) is 2.61. The molecule has 1 atom stereocenters. The predicted molar refractivity (Wildman–Crippen MR) is 62.8 cm³/mol. The standard InChI is InChI=1S/C12H15N3O/c1-8-2-4-9(5-3-8)6-11(16)10-7-14-15-12(10)13/h2-5,7,11,16H,6H2,1H3,(H3,13,14,15). The van der Waals surface area contributed by atoms with Gasteiger partial charge in [0.1, 0.15) is 5.82 Å². The fourth-order valence-electron chi connectivity index (χ4n) is 1.63. The fraction of sp³-hybridized carbons (Fsp3) is 0.250. The highest BCUT2D eigenvalue weighted by Crippen LogP contribution is 2.21. The molecule has 0 bridgehead atoms. The van der Waals surface area contributed by atoms with Gasteiger partial charge in [-0.15, -0.1) is 0 Å². The zero-order chi connectivity index (χ0) is 11.5. The summed E-state index contributed by atoms with van der Waals surface area (Å²) < 4.78 is 0. The molecule has 1 aromatic carbocycles. The number of nitrogens with zero attached hydrogens (tertiary/aromatic N) is 1. The molecule has 4 nitrogen and oxygen atoms in total. The Balaban J connectivity index is 2.10. The molecule has 0 saturated heterocycles. The molecule has 0 fully saturated rings. The van der Waals surface area contributed by atoms with Crippen molar-refractivity contribution in [1.29, 1.82) is 0 Å². The molecule has 1 heterocycles. The minimum Gasteiger partial charge on any atom is -0.388 e. The molecular weight excluding hydrogens is 202 g/mol. The number of nitrogens with one attached hydrogen (secondary N) is 1. The second-order valence-electron chi connectivity index (χ2n) is 3.94. The van der Waals surface area contributed by atoms with E-state index in [-0.39, 0.29) is 0 Å². The summed E-state index contributed by atoms with van der Waals surface area (Å²) in [5, 5.41) is 16.4. The van der Waals surface area contributed by atoms with E-state index in [4.69, 9.17) is 5.73 Å². The van der Waals surface area contributed by atoms with Crippen LogP contribution < -0.4 is 5.73 Å². The summed E-state index contributed by atoms with van der Waals surface area (Å²) in [5.74, 6) is 0.430. The van der Waals surface area contributed by atoms with Gasteiger partial charge in [-0.2, -0.15) is 5.10 Å². The molecule has 0 aliphatic heterocycles. The van der Waals surface area contributed by atoms with Crippen LogP contribution in [0.3, 0.4) is 0 Å². The number of H-pyrrole nitrogens is 1. The topological polar surface area (TPSA) is 74.9 Å². The normalized spacial score (nSPS) is 12.6. The van der Waals surface area contributed by atoms with Crippen molar-refractivity contribution in [2.45, 2.75) is 19.4 Å². The average molecular weight is 217 g/mol. The summed E-state index contributed by atoms with van der Waals surface area (Å²) in [5.41, 5.74) is 8.59. The molecule has 0 amide bonds. The second-order valence-corrected chi connectivity index (χ2v) is 3.94. The van der Waals surface area contributed by atoms with Gasteiger partial charge in [-0.1, -0.05) is 29.8 Å². The Hall–Kier alpha value is -1.81. The lowest BCUT2D eigenvalue weighted by atomic mass is 10.0. The number of hydrogen-bond donors (Lipinski definition) is 3. The number of nitrogen functional groups attached to an aromatic ring is 1. The van der Waals surface area contributed by atoms with Gasteiger partial charge in [0.2, 0.25) is 0 Å². The largest absolute Gasteiger partial charge is 0.388 e. The number of aromatic amines is 1. The van der Waals surface area contributed by atoms with Crippen LogP contribution in [0.15, 0.2) is 30.5 Å². The number of hydrogen-bond acceptors (Lipinski definition) is 3. The number of aryl methyl sites for hydroxylation is 1. The molecule has 0 spiro atoms. The lowest BCUT2D eigenvalue weighted by molar-refractivity contribution is 0.179. The summed E-state index contributed by atoms with van der Waals surface area (Å²) in [4.78, 5) is 0. The van der Waals surface area contributed by atoms with E-state index < -0.39 is 6.10 Å². The summed E-state index contributed by atoms with van der Waals surface area (Å²) >= 11 is 0. The molecule has 2 aromatic rings. The molecule has 0 radical (unpaired) electrons. The number of anilines is 1. The second kappa shape index (κ2) is 4.37. The van der Waals surface area contributed by atoms with Gasteiger partial charge in [0.25, 0.3) is 0 Å². The number of aliphatic hydroxyl groups is 1. The van der Waals surface area contributed by atoms with Crippen molar-refractivity contribution in [3.8, 4) is 0 Å². The van der Waals surface area contributed by atoms with Crippen LogP contribution in [0.5, 0.6) is 0 Å². The van der Waals surface area contributed by atoms with Crippen LogP contribution in [0.4, 0.5) is 5.82 Å². The van der Waals surface area contributed by atoms with Crippen molar-refractivity contribution in [3.63, 3.8) is 0 Å². The van der Waals surface area contributed by atoms with Crippen molar-refractivity contribution in [2.24, 2.45) is 0 Å². The minimum absolute atomic E-state index is 0.430. The van der Waals surface area contributed by atoms with E-state index in [0.29, 0.717) is 17.8 Å². The van der Waals surface area contributed by atoms with E-state index in [1.165, 1.54) is 5.56 Å². The van der Waals surface area contributed by atoms with E-state index in [9.17, 15) is 5.11 Å². The first kappa shape index (κ1) is 10.7. The number of aliphatic hydroxyl groups excluding tert-OH is 1. The summed E-state index contributed by atoms with van der Waals surface area (Å²) in [6.45, 7) is 2.04. The van der Waals surface area contributed by atoms with Crippen LogP contribution in [0, 0.1) is 6.92 Å². The van der Waals surface area contributed by atoms with E-state index in [0.717, 1.165) is 5.56 Å². The summed E-state index contributed by atoms with van der Waals surface area (Å²) in [7, 11) is 0. The van der Waals surface area contributed by atoms with Crippen LogP contribution in [-0.2, 0) is 6.42 Å². The molecule has 4 N–H and O–H groups in total. The van der Waals surface area contributed by atoms with Gasteiger partial charge in [-0.05, 0) is 12.5 Å². The maximum Gasteiger partial charge on any atom is 0.124 e. The molecule has 0 saturated carbocycles. The van der Waals surface area contributed by atoms with Gasteiger partial charge in [0.05, 0.1) is 12.3 Å². The third-order valence-electron chi connectivity index (χ3n) is 2.61. The first-order chi connectivity index (χ1) is 7.66. The molecule has 0 aliphatic rings. The first-order valence-electron chi connectivity index (χ1n) is 5.19. The number of benzene rings is 1. The number of rotatable bonds is 3. The Bertz CT molecular complexity index is 461. The summed E-state index contributed by atoms with van der Waals surface area (Å²) in [6.07, 6.45) is 1.50. The van der Waals surface area contributed by atoms with E-state index >= 15 is 0 Å². The third kappa shape index (κ3) is 2.23. The van der Waals surface area contributed by atoms with Gasteiger partial charge < -0.3 is 10.8 Å².